The Labute approximate surface area is 138 Å². The minimum Gasteiger partial charge on any atom is -0.450 e. The summed E-state index contributed by atoms with van der Waals surface area (Å²) in [5, 5.41) is 6.43. The van der Waals surface area contributed by atoms with Gasteiger partial charge in [0.15, 0.2) is 5.13 Å². The van der Waals surface area contributed by atoms with E-state index < -0.39 is 6.09 Å². The number of carbonyl (C=O) groups is 2. The molecule has 0 bridgehead atoms. The smallest absolute Gasteiger partial charge is 0.413 e. The summed E-state index contributed by atoms with van der Waals surface area (Å²) in [6, 6.07) is 9.50. The Bertz CT molecular complexity index is 670. The van der Waals surface area contributed by atoms with Gasteiger partial charge in [-0.15, -0.1) is 0 Å². The molecule has 1 aromatic heterocycles. The Morgan fingerprint density at radius 3 is 2.57 bits per heavy atom. The van der Waals surface area contributed by atoms with Crippen molar-refractivity contribution >= 4 is 33.5 Å². The molecular formula is C16H19N3O3S. The lowest BCUT2D eigenvalue weighted by atomic mass is 10.1. The van der Waals surface area contributed by atoms with Crippen molar-refractivity contribution in [2.45, 2.75) is 26.7 Å². The first-order valence-corrected chi connectivity index (χ1v) is 8.25. The highest BCUT2D eigenvalue weighted by molar-refractivity contribution is 7.20. The Morgan fingerprint density at radius 2 is 1.91 bits per heavy atom. The van der Waals surface area contributed by atoms with Crippen LogP contribution in [0.25, 0.3) is 11.3 Å². The molecule has 122 valence electrons. The summed E-state index contributed by atoms with van der Waals surface area (Å²) in [4.78, 5) is 27.8. The molecule has 1 aromatic carbocycles. The minimum absolute atomic E-state index is 0.0731. The maximum absolute atomic E-state index is 11.9. The number of benzene rings is 1. The molecule has 0 fully saturated rings. The van der Waals surface area contributed by atoms with Crippen molar-refractivity contribution < 1.29 is 14.3 Å². The van der Waals surface area contributed by atoms with Crippen LogP contribution in [-0.4, -0.2) is 23.6 Å². The van der Waals surface area contributed by atoms with Crippen LogP contribution >= 0.6 is 11.3 Å². The maximum atomic E-state index is 11.9. The van der Waals surface area contributed by atoms with Crippen LogP contribution in [0, 0.1) is 0 Å². The minimum atomic E-state index is -0.563. The van der Waals surface area contributed by atoms with Crippen LogP contribution in [0.4, 0.5) is 14.9 Å². The molecule has 0 radical (unpaired) electrons. The lowest BCUT2D eigenvalue weighted by molar-refractivity contribution is -0.116. The van der Waals surface area contributed by atoms with Gasteiger partial charge >= 0.3 is 6.09 Å². The monoisotopic (exact) mass is 333 g/mol. The van der Waals surface area contributed by atoms with E-state index in [-0.39, 0.29) is 12.5 Å². The number of aromatic nitrogens is 1. The van der Waals surface area contributed by atoms with Crippen molar-refractivity contribution in [3.8, 4) is 11.3 Å². The highest BCUT2D eigenvalue weighted by Gasteiger charge is 2.16. The summed E-state index contributed by atoms with van der Waals surface area (Å²) in [7, 11) is 0. The van der Waals surface area contributed by atoms with E-state index in [4.69, 9.17) is 4.74 Å². The van der Waals surface area contributed by atoms with Crippen molar-refractivity contribution in [2.24, 2.45) is 0 Å². The summed E-state index contributed by atoms with van der Waals surface area (Å²) in [6.45, 7) is 3.95. The van der Waals surface area contributed by atoms with E-state index in [9.17, 15) is 9.59 Å². The fraction of sp³-hybridized carbons (Fsp3) is 0.312. The van der Waals surface area contributed by atoms with Crippen molar-refractivity contribution in [2.75, 3.05) is 17.2 Å². The van der Waals surface area contributed by atoms with Gasteiger partial charge in [-0.3, -0.25) is 10.1 Å². The first kappa shape index (κ1) is 17.0. The van der Waals surface area contributed by atoms with Crippen LogP contribution in [0.1, 0.15) is 26.7 Å². The summed E-state index contributed by atoms with van der Waals surface area (Å²) in [6.07, 6.45) is 0.638. The Hall–Kier alpha value is -2.41. The molecule has 0 unspecified atom stereocenters. The second-order valence-corrected chi connectivity index (χ2v) is 5.71. The lowest BCUT2D eigenvalue weighted by Gasteiger charge is -2.04. The van der Waals surface area contributed by atoms with E-state index in [1.807, 2.05) is 37.3 Å². The highest BCUT2D eigenvalue weighted by Crippen LogP contribution is 2.36. The van der Waals surface area contributed by atoms with Crippen LogP contribution in [0.3, 0.4) is 0 Å². The molecule has 23 heavy (non-hydrogen) atoms. The molecule has 2 N–H and O–H groups in total. The number of nitrogens with zero attached hydrogens (tertiary/aromatic N) is 1. The third-order valence-electron chi connectivity index (χ3n) is 2.89. The van der Waals surface area contributed by atoms with Gasteiger partial charge in [-0.1, -0.05) is 48.6 Å². The lowest BCUT2D eigenvalue weighted by Crippen LogP contribution is -2.12. The molecule has 0 saturated heterocycles. The molecule has 7 heteroatoms. The van der Waals surface area contributed by atoms with Crippen molar-refractivity contribution in [3.05, 3.63) is 30.3 Å². The Morgan fingerprint density at radius 1 is 1.17 bits per heavy atom. The van der Waals surface area contributed by atoms with E-state index in [0.29, 0.717) is 22.2 Å². The number of ether oxygens (including phenoxy) is 1. The zero-order chi connectivity index (χ0) is 16.7. The molecule has 2 rings (SSSR count). The van der Waals surface area contributed by atoms with Gasteiger partial charge in [0.25, 0.3) is 0 Å². The van der Waals surface area contributed by atoms with Crippen LogP contribution in [-0.2, 0) is 9.53 Å². The first-order valence-electron chi connectivity index (χ1n) is 7.43. The Balaban J connectivity index is 2.28. The second-order valence-electron chi connectivity index (χ2n) is 4.71. The number of anilines is 2. The van der Waals surface area contributed by atoms with Gasteiger partial charge in [-0.2, -0.15) is 0 Å². The molecule has 6 nitrogen and oxygen atoms in total. The normalized spacial score (nSPS) is 10.2. The number of amides is 2. The number of hydrogen-bond donors (Lipinski definition) is 2. The van der Waals surface area contributed by atoms with Crippen molar-refractivity contribution in [1.82, 2.24) is 4.98 Å². The quantitative estimate of drug-likeness (QED) is 0.833. The molecule has 1 heterocycles. The first-order chi connectivity index (χ1) is 11.1. The molecular weight excluding hydrogens is 314 g/mol. The van der Waals surface area contributed by atoms with Crippen molar-refractivity contribution in [3.63, 3.8) is 0 Å². The van der Waals surface area contributed by atoms with Crippen LogP contribution in [0.5, 0.6) is 0 Å². The molecule has 0 aliphatic heterocycles. The van der Waals surface area contributed by atoms with Crippen LogP contribution in [0.15, 0.2) is 30.3 Å². The molecule has 0 aliphatic rings. The van der Waals surface area contributed by atoms with Crippen LogP contribution in [0.2, 0.25) is 0 Å². The fourth-order valence-corrected chi connectivity index (χ4v) is 2.81. The zero-order valence-electron chi connectivity index (χ0n) is 13.1. The SMILES string of the molecule is CCCC(=O)Nc1sc(NC(=O)OCC)nc1-c1ccccc1. The van der Waals surface area contributed by atoms with Gasteiger partial charge in [0.2, 0.25) is 5.91 Å². The predicted molar refractivity (Wildman–Crippen MR) is 91.7 cm³/mol. The molecule has 0 atom stereocenters. The van der Waals surface area contributed by atoms with Gasteiger partial charge in [0.1, 0.15) is 10.7 Å². The summed E-state index contributed by atoms with van der Waals surface area (Å²) in [5.41, 5.74) is 1.50. The van der Waals surface area contributed by atoms with E-state index in [0.717, 1.165) is 12.0 Å². The third kappa shape index (κ3) is 4.79. The van der Waals surface area contributed by atoms with Gasteiger partial charge in [0.05, 0.1) is 6.61 Å². The molecule has 0 saturated carbocycles. The van der Waals surface area contributed by atoms with E-state index in [1.165, 1.54) is 11.3 Å². The zero-order valence-corrected chi connectivity index (χ0v) is 13.9. The second kappa shape index (κ2) is 8.28. The molecule has 2 amide bonds. The topological polar surface area (TPSA) is 80.3 Å². The van der Waals surface area contributed by atoms with Gasteiger partial charge in [-0.05, 0) is 13.3 Å². The molecule has 2 aromatic rings. The average molecular weight is 333 g/mol. The van der Waals surface area contributed by atoms with E-state index in [1.54, 1.807) is 6.92 Å². The van der Waals surface area contributed by atoms with Gasteiger partial charge < -0.3 is 10.1 Å². The number of nitrogens with one attached hydrogen (secondary N) is 2. The van der Waals surface area contributed by atoms with Crippen molar-refractivity contribution in [1.29, 1.82) is 0 Å². The molecule has 0 spiro atoms. The number of carbonyl (C=O) groups excluding carboxylic acids is 2. The largest absolute Gasteiger partial charge is 0.450 e. The third-order valence-corrected chi connectivity index (χ3v) is 3.78. The van der Waals surface area contributed by atoms with E-state index >= 15 is 0 Å². The summed E-state index contributed by atoms with van der Waals surface area (Å²) in [5.74, 6) is -0.0731. The number of thiazole rings is 1. The number of hydrogen-bond acceptors (Lipinski definition) is 5. The highest BCUT2D eigenvalue weighted by atomic mass is 32.1. The molecule has 0 aliphatic carbocycles. The van der Waals surface area contributed by atoms with E-state index in [2.05, 4.69) is 15.6 Å². The maximum Gasteiger partial charge on any atom is 0.413 e. The fourth-order valence-electron chi connectivity index (χ4n) is 1.92. The van der Waals surface area contributed by atoms with Gasteiger partial charge in [-0.25, -0.2) is 9.78 Å². The van der Waals surface area contributed by atoms with Gasteiger partial charge in [0, 0.05) is 12.0 Å². The predicted octanol–water partition coefficient (Wildman–Crippen LogP) is 4.12. The average Bonchev–Trinajstić information content (AvgIpc) is 2.90. The van der Waals surface area contributed by atoms with Crippen LogP contribution < -0.4 is 10.6 Å². The number of rotatable bonds is 6. The summed E-state index contributed by atoms with van der Waals surface area (Å²) >= 11 is 1.21. The standard InChI is InChI=1S/C16H19N3O3S/c1-3-8-12(20)17-14-13(11-9-6-5-7-10-11)18-15(23-14)19-16(21)22-4-2/h5-7,9-10H,3-4,8H2,1-2H3,(H,17,20)(H,18,19,21). The summed E-state index contributed by atoms with van der Waals surface area (Å²) < 4.78 is 4.85. The Kier molecular flexibility index (Phi) is 6.10.